The number of hydrogen-bond donors (Lipinski definition) is 1. The van der Waals surface area contributed by atoms with E-state index in [2.05, 4.69) is 11.7 Å². The Hall–Kier alpha value is -1.47. The predicted molar refractivity (Wildman–Crippen MR) is 94.2 cm³/mol. The smallest absolute Gasteiger partial charge is 0.405 e. The molecule has 2 fully saturated rings. The topological polar surface area (TPSA) is 55.6 Å². The number of rotatable bonds is 4. The van der Waals surface area contributed by atoms with E-state index in [4.69, 9.17) is 5.73 Å². The van der Waals surface area contributed by atoms with Gasteiger partial charge in [-0.3, -0.25) is 4.79 Å². The van der Waals surface area contributed by atoms with Crippen LogP contribution in [0.5, 0.6) is 5.75 Å². The molecule has 0 bridgehead atoms. The molecular weight excluding hydrogens is 369 g/mol. The summed E-state index contributed by atoms with van der Waals surface area (Å²) in [7, 11) is 0. The van der Waals surface area contributed by atoms with Crippen LogP contribution in [-0.2, 0) is 4.79 Å². The van der Waals surface area contributed by atoms with Gasteiger partial charge in [-0.15, -0.1) is 25.6 Å². The van der Waals surface area contributed by atoms with Crippen LogP contribution in [0, 0.1) is 11.8 Å². The third-order valence-corrected chi connectivity index (χ3v) is 5.18. The zero-order valence-corrected chi connectivity index (χ0v) is 15.4. The molecule has 0 radical (unpaired) electrons. The fourth-order valence-electron chi connectivity index (χ4n) is 3.79. The first-order chi connectivity index (χ1) is 11.8. The monoisotopic (exact) mass is 392 g/mol. The highest BCUT2D eigenvalue weighted by atomic mass is 35.5. The summed E-state index contributed by atoms with van der Waals surface area (Å²) in [5, 5.41) is 0. The van der Waals surface area contributed by atoms with Crippen molar-refractivity contribution in [3.05, 3.63) is 29.8 Å². The molecule has 1 saturated heterocycles. The molecule has 1 saturated carbocycles. The molecule has 4 nitrogen and oxygen atoms in total. The quantitative estimate of drug-likeness (QED) is 0.850. The zero-order valence-electron chi connectivity index (χ0n) is 14.5. The number of piperidine rings is 1. The molecule has 0 aromatic heterocycles. The number of hydrogen-bond acceptors (Lipinski definition) is 3. The molecule has 2 N–H and O–H groups in total. The van der Waals surface area contributed by atoms with Crippen molar-refractivity contribution in [2.75, 3.05) is 13.1 Å². The van der Waals surface area contributed by atoms with Gasteiger partial charge in [0.05, 0.1) is 0 Å². The van der Waals surface area contributed by atoms with Crippen LogP contribution in [0.15, 0.2) is 24.3 Å². The van der Waals surface area contributed by atoms with Crippen molar-refractivity contribution in [1.29, 1.82) is 0 Å². The molecule has 1 aromatic carbocycles. The number of likely N-dealkylation sites (tertiary alicyclic amines) is 1. The molecule has 26 heavy (non-hydrogen) atoms. The molecule has 4 unspecified atom stereocenters. The normalized spacial score (nSPS) is 28.3. The Kier molecular flexibility index (Phi) is 6.45. The lowest BCUT2D eigenvalue weighted by Gasteiger charge is -2.38. The van der Waals surface area contributed by atoms with Crippen LogP contribution < -0.4 is 10.5 Å². The number of para-hydroxylation sites is 1. The van der Waals surface area contributed by atoms with Gasteiger partial charge in [-0.05, 0) is 42.7 Å². The van der Waals surface area contributed by atoms with Crippen molar-refractivity contribution >= 4 is 18.3 Å². The average Bonchev–Trinajstić information content (AvgIpc) is 3.33. The van der Waals surface area contributed by atoms with Crippen LogP contribution in [0.1, 0.15) is 37.7 Å². The highest BCUT2D eigenvalue weighted by molar-refractivity contribution is 5.85. The lowest BCUT2D eigenvalue weighted by molar-refractivity contribution is -0.274. The van der Waals surface area contributed by atoms with Gasteiger partial charge in [-0.1, -0.05) is 25.1 Å². The fourth-order valence-corrected chi connectivity index (χ4v) is 3.79. The van der Waals surface area contributed by atoms with E-state index in [9.17, 15) is 18.0 Å². The van der Waals surface area contributed by atoms with Crippen LogP contribution in [0.4, 0.5) is 13.2 Å². The van der Waals surface area contributed by atoms with E-state index < -0.39 is 6.36 Å². The van der Waals surface area contributed by atoms with Gasteiger partial charge in [0.25, 0.3) is 0 Å². The van der Waals surface area contributed by atoms with Crippen molar-refractivity contribution in [3.63, 3.8) is 0 Å². The number of carbonyl (C=O) groups excluding carboxylic acids is 1. The van der Waals surface area contributed by atoms with E-state index in [0.29, 0.717) is 31.0 Å². The van der Waals surface area contributed by atoms with Crippen LogP contribution >= 0.6 is 12.4 Å². The second-order valence-electron chi connectivity index (χ2n) is 7.09. The molecule has 4 atom stereocenters. The van der Waals surface area contributed by atoms with E-state index in [1.54, 1.807) is 12.1 Å². The number of ether oxygens (including phenoxy) is 1. The van der Waals surface area contributed by atoms with Crippen LogP contribution in [-0.4, -0.2) is 36.3 Å². The van der Waals surface area contributed by atoms with Gasteiger partial charge in [-0.2, -0.15) is 0 Å². The largest absolute Gasteiger partial charge is 0.573 e. The number of nitrogens with two attached hydrogens (primary N) is 1. The molecule has 8 heteroatoms. The van der Waals surface area contributed by atoms with Gasteiger partial charge in [0, 0.05) is 25.0 Å². The van der Waals surface area contributed by atoms with Gasteiger partial charge >= 0.3 is 6.36 Å². The molecular formula is C18H24ClF3N2O2. The second kappa shape index (κ2) is 8.05. The standard InChI is InChI=1S/C18H23F3N2O2.ClH/c1-11-6-7-23(12(8-11)10-22)17(24)15-9-14(15)13-4-2-3-5-16(13)25-18(19,20)21;/h2-5,11-12,14-15H,6-10,22H2,1H3;1H. The second-order valence-corrected chi connectivity index (χ2v) is 7.09. The van der Waals surface area contributed by atoms with Crippen LogP contribution in [0.25, 0.3) is 0 Å². The number of amides is 1. The van der Waals surface area contributed by atoms with E-state index in [-0.39, 0.29) is 41.9 Å². The number of carbonyl (C=O) groups is 1. The minimum atomic E-state index is -4.74. The zero-order chi connectivity index (χ0) is 18.2. The molecule has 0 spiro atoms. The van der Waals surface area contributed by atoms with Crippen molar-refractivity contribution < 1.29 is 22.7 Å². The minimum Gasteiger partial charge on any atom is -0.405 e. The minimum absolute atomic E-state index is 0. The van der Waals surface area contributed by atoms with E-state index in [1.807, 2.05) is 4.90 Å². The van der Waals surface area contributed by atoms with Crippen molar-refractivity contribution in [2.45, 2.75) is 44.5 Å². The first-order valence-electron chi connectivity index (χ1n) is 8.65. The highest BCUT2D eigenvalue weighted by Crippen LogP contribution is 2.52. The van der Waals surface area contributed by atoms with Gasteiger partial charge in [0.15, 0.2) is 0 Å². The Balaban J connectivity index is 0.00000243. The Morgan fingerprint density at radius 1 is 1.31 bits per heavy atom. The molecule has 146 valence electrons. The number of alkyl halides is 3. The van der Waals surface area contributed by atoms with E-state index in [0.717, 1.165) is 12.8 Å². The summed E-state index contributed by atoms with van der Waals surface area (Å²) in [6.07, 6.45) is -2.36. The maximum atomic E-state index is 12.8. The van der Waals surface area contributed by atoms with Gasteiger partial charge < -0.3 is 15.4 Å². The summed E-state index contributed by atoms with van der Waals surface area (Å²) in [5.41, 5.74) is 6.27. The third kappa shape index (κ3) is 4.62. The predicted octanol–water partition coefficient (Wildman–Crippen LogP) is 3.70. The van der Waals surface area contributed by atoms with E-state index in [1.165, 1.54) is 12.1 Å². The summed E-state index contributed by atoms with van der Waals surface area (Å²) in [4.78, 5) is 14.7. The van der Waals surface area contributed by atoms with E-state index >= 15 is 0 Å². The lowest BCUT2D eigenvalue weighted by Crippen LogP contribution is -2.49. The van der Waals surface area contributed by atoms with Crippen molar-refractivity contribution in [3.8, 4) is 5.75 Å². The Labute approximate surface area is 157 Å². The SMILES string of the molecule is CC1CCN(C(=O)C2CC2c2ccccc2OC(F)(F)F)C(CN)C1.Cl. The van der Waals surface area contributed by atoms with Gasteiger partial charge in [0.2, 0.25) is 5.91 Å². The molecule has 2 aliphatic rings. The summed E-state index contributed by atoms with van der Waals surface area (Å²) in [6, 6.07) is 6.11. The first-order valence-corrected chi connectivity index (χ1v) is 8.65. The molecule has 1 aliphatic heterocycles. The molecule has 1 aromatic rings. The summed E-state index contributed by atoms with van der Waals surface area (Å²) < 4.78 is 41.8. The van der Waals surface area contributed by atoms with Crippen molar-refractivity contribution in [1.82, 2.24) is 4.90 Å². The number of nitrogens with zero attached hydrogens (tertiary/aromatic N) is 1. The fraction of sp³-hybridized carbons (Fsp3) is 0.611. The summed E-state index contributed by atoms with van der Waals surface area (Å²) in [6.45, 7) is 3.24. The van der Waals surface area contributed by atoms with Crippen LogP contribution in [0.3, 0.4) is 0 Å². The van der Waals surface area contributed by atoms with Crippen LogP contribution in [0.2, 0.25) is 0 Å². The summed E-state index contributed by atoms with van der Waals surface area (Å²) in [5.74, 6) is -0.162. The molecule has 1 amide bonds. The van der Waals surface area contributed by atoms with Gasteiger partial charge in [-0.25, -0.2) is 0 Å². The number of halogens is 4. The molecule has 1 heterocycles. The Morgan fingerprint density at radius 2 is 2.00 bits per heavy atom. The highest BCUT2D eigenvalue weighted by Gasteiger charge is 2.49. The first kappa shape index (κ1) is 20.8. The maximum Gasteiger partial charge on any atom is 0.573 e. The molecule has 3 rings (SSSR count). The average molecular weight is 393 g/mol. The third-order valence-electron chi connectivity index (χ3n) is 5.18. The Bertz CT molecular complexity index is 641. The summed E-state index contributed by atoms with van der Waals surface area (Å²) >= 11 is 0. The van der Waals surface area contributed by atoms with Gasteiger partial charge in [0.1, 0.15) is 5.75 Å². The number of benzene rings is 1. The maximum absolute atomic E-state index is 12.8. The lowest BCUT2D eigenvalue weighted by atomic mass is 9.92. The Morgan fingerprint density at radius 3 is 2.65 bits per heavy atom. The molecule has 1 aliphatic carbocycles. The van der Waals surface area contributed by atoms with Crippen molar-refractivity contribution in [2.24, 2.45) is 17.6 Å².